The van der Waals surface area contributed by atoms with E-state index in [-0.39, 0.29) is 17.3 Å². The van der Waals surface area contributed by atoms with Crippen LogP contribution in [0, 0.1) is 19.7 Å². The molecular weight excluding hydrogens is 403 g/mol. The molecule has 0 aliphatic heterocycles. The summed E-state index contributed by atoms with van der Waals surface area (Å²) in [7, 11) is -3.95. The number of para-hydroxylation sites is 1. The Bertz CT molecular complexity index is 1130. The monoisotopic (exact) mass is 426 g/mol. The van der Waals surface area contributed by atoms with E-state index in [2.05, 4.69) is 5.32 Å². The van der Waals surface area contributed by atoms with Gasteiger partial charge in [-0.05, 0) is 55.3 Å². The lowest BCUT2D eigenvalue weighted by molar-refractivity contribution is -0.119. The molecule has 0 unspecified atom stereocenters. The molecule has 0 saturated carbocycles. The van der Waals surface area contributed by atoms with Crippen molar-refractivity contribution in [2.45, 2.75) is 25.3 Å². The van der Waals surface area contributed by atoms with Crippen LogP contribution in [0.2, 0.25) is 0 Å². The Morgan fingerprint density at radius 1 is 0.967 bits per heavy atom. The number of hydrogen-bond acceptors (Lipinski definition) is 3. The van der Waals surface area contributed by atoms with Gasteiger partial charge in [0.2, 0.25) is 5.91 Å². The van der Waals surface area contributed by atoms with E-state index in [0.717, 1.165) is 9.87 Å². The summed E-state index contributed by atoms with van der Waals surface area (Å²) in [5.74, 6) is -0.842. The molecule has 0 atom stereocenters. The van der Waals surface area contributed by atoms with Crippen molar-refractivity contribution < 1.29 is 17.6 Å². The van der Waals surface area contributed by atoms with Crippen molar-refractivity contribution >= 4 is 21.6 Å². The van der Waals surface area contributed by atoms with Crippen molar-refractivity contribution in [1.29, 1.82) is 0 Å². The van der Waals surface area contributed by atoms with E-state index in [0.29, 0.717) is 16.8 Å². The molecule has 3 aromatic carbocycles. The first-order valence-electron chi connectivity index (χ1n) is 9.43. The minimum atomic E-state index is -3.95. The predicted octanol–water partition coefficient (Wildman–Crippen LogP) is 3.95. The van der Waals surface area contributed by atoms with Crippen molar-refractivity contribution in [3.63, 3.8) is 0 Å². The molecule has 0 spiro atoms. The summed E-state index contributed by atoms with van der Waals surface area (Å²) in [6.45, 7) is 3.23. The van der Waals surface area contributed by atoms with E-state index in [9.17, 15) is 17.6 Å². The maximum Gasteiger partial charge on any atom is 0.264 e. The highest BCUT2D eigenvalue weighted by atomic mass is 32.2. The van der Waals surface area contributed by atoms with Crippen molar-refractivity contribution in [1.82, 2.24) is 5.32 Å². The molecule has 3 aromatic rings. The number of sulfonamides is 1. The molecule has 0 heterocycles. The lowest BCUT2D eigenvalue weighted by Crippen LogP contribution is -2.40. The van der Waals surface area contributed by atoms with Gasteiger partial charge in [0.1, 0.15) is 12.4 Å². The molecule has 30 heavy (non-hydrogen) atoms. The Morgan fingerprint density at radius 2 is 1.63 bits per heavy atom. The van der Waals surface area contributed by atoms with Crippen LogP contribution in [0.5, 0.6) is 0 Å². The molecule has 156 valence electrons. The van der Waals surface area contributed by atoms with Gasteiger partial charge in [-0.25, -0.2) is 12.8 Å². The smallest absolute Gasteiger partial charge is 0.264 e. The van der Waals surface area contributed by atoms with Gasteiger partial charge in [-0.1, -0.05) is 48.0 Å². The normalized spacial score (nSPS) is 11.2. The third-order valence-electron chi connectivity index (χ3n) is 4.67. The first kappa shape index (κ1) is 21.5. The number of anilines is 1. The summed E-state index contributed by atoms with van der Waals surface area (Å²) >= 11 is 0. The molecule has 0 bridgehead atoms. The largest absolute Gasteiger partial charge is 0.350 e. The van der Waals surface area contributed by atoms with Gasteiger partial charge in [0.25, 0.3) is 10.0 Å². The second-order valence-electron chi connectivity index (χ2n) is 7.02. The van der Waals surface area contributed by atoms with Gasteiger partial charge in [0.05, 0.1) is 10.6 Å². The number of nitrogens with zero attached hydrogens (tertiary/aromatic N) is 1. The second-order valence-corrected chi connectivity index (χ2v) is 8.88. The predicted molar refractivity (Wildman–Crippen MR) is 115 cm³/mol. The highest BCUT2D eigenvalue weighted by Crippen LogP contribution is 2.23. The van der Waals surface area contributed by atoms with Gasteiger partial charge in [-0.2, -0.15) is 0 Å². The number of carbonyl (C=O) groups excluding carboxylic acids is 1. The van der Waals surface area contributed by atoms with E-state index in [4.69, 9.17) is 0 Å². The average Bonchev–Trinajstić information content (AvgIpc) is 2.73. The van der Waals surface area contributed by atoms with Gasteiger partial charge in [-0.3, -0.25) is 9.10 Å². The molecule has 5 nitrogen and oxygen atoms in total. The summed E-state index contributed by atoms with van der Waals surface area (Å²) < 4.78 is 41.2. The highest BCUT2D eigenvalue weighted by Gasteiger charge is 2.27. The number of aryl methyl sites for hydroxylation is 2. The SMILES string of the molecule is Cc1ccc(S(=O)(=O)N(CC(=O)NCc2ccc(C)c(F)c2)c2ccccc2)cc1. The van der Waals surface area contributed by atoms with Crippen LogP contribution in [0.25, 0.3) is 0 Å². The van der Waals surface area contributed by atoms with Crippen LogP contribution in [-0.2, 0) is 21.4 Å². The number of rotatable bonds is 7. The van der Waals surface area contributed by atoms with Gasteiger partial charge >= 0.3 is 0 Å². The first-order valence-corrected chi connectivity index (χ1v) is 10.9. The molecule has 0 radical (unpaired) electrons. The Balaban J connectivity index is 1.81. The lowest BCUT2D eigenvalue weighted by Gasteiger charge is -2.24. The highest BCUT2D eigenvalue weighted by molar-refractivity contribution is 7.92. The van der Waals surface area contributed by atoms with Gasteiger partial charge in [0, 0.05) is 6.54 Å². The quantitative estimate of drug-likeness (QED) is 0.622. The minimum Gasteiger partial charge on any atom is -0.350 e. The third kappa shape index (κ3) is 5.04. The topological polar surface area (TPSA) is 66.5 Å². The molecule has 3 rings (SSSR count). The standard InChI is InChI=1S/C23H23FN2O3S/c1-17-8-12-21(13-9-17)30(28,29)26(20-6-4-3-5-7-20)16-23(27)25-15-19-11-10-18(2)22(24)14-19/h3-14H,15-16H2,1-2H3,(H,25,27). The fourth-order valence-electron chi connectivity index (χ4n) is 2.88. The fraction of sp³-hybridized carbons (Fsp3) is 0.174. The van der Waals surface area contributed by atoms with E-state index in [1.165, 1.54) is 18.2 Å². The number of amides is 1. The van der Waals surface area contributed by atoms with Gasteiger partial charge in [0.15, 0.2) is 0 Å². The van der Waals surface area contributed by atoms with Crippen molar-refractivity contribution in [2.24, 2.45) is 0 Å². The van der Waals surface area contributed by atoms with Crippen LogP contribution in [0.15, 0.2) is 77.7 Å². The molecule has 0 aliphatic rings. The van der Waals surface area contributed by atoms with Crippen LogP contribution in [0.3, 0.4) is 0 Å². The van der Waals surface area contributed by atoms with Crippen molar-refractivity contribution in [3.8, 4) is 0 Å². The molecule has 1 N–H and O–H groups in total. The molecule has 1 amide bonds. The molecule has 0 fully saturated rings. The molecule has 7 heteroatoms. The van der Waals surface area contributed by atoms with Gasteiger partial charge in [-0.15, -0.1) is 0 Å². The molecule has 0 aliphatic carbocycles. The third-order valence-corrected chi connectivity index (χ3v) is 6.45. The molecular formula is C23H23FN2O3S. The zero-order valence-corrected chi connectivity index (χ0v) is 17.6. The summed E-state index contributed by atoms with van der Waals surface area (Å²) in [6.07, 6.45) is 0. The Morgan fingerprint density at radius 3 is 2.27 bits per heavy atom. The van der Waals surface area contributed by atoms with E-state index < -0.39 is 22.5 Å². The average molecular weight is 427 g/mol. The summed E-state index contributed by atoms with van der Waals surface area (Å²) in [6, 6.07) is 19.6. The van der Waals surface area contributed by atoms with Crippen LogP contribution in [-0.4, -0.2) is 20.9 Å². The first-order chi connectivity index (χ1) is 14.3. The molecule has 0 saturated heterocycles. The van der Waals surface area contributed by atoms with Crippen LogP contribution in [0.4, 0.5) is 10.1 Å². The van der Waals surface area contributed by atoms with E-state index in [1.54, 1.807) is 61.5 Å². The Kier molecular flexibility index (Phi) is 6.52. The number of halogens is 1. The van der Waals surface area contributed by atoms with E-state index in [1.807, 2.05) is 6.92 Å². The zero-order chi connectivity index (χ0) is 21.7. The number of carbonyl (C=O) groups is 1. The van der Waals surface area contributed by atoms with Crippen molar-refractivity contribution in [3.05, 3.63) is 95.3 Å². The summed E-state index contributed by atoms with van der Waals surface area (Å²) in [5, 5.41) is 2.67. The van der Waals surface area contributed by atoms with E-state index >= 15 is 0 Å². The zero-order valence-electron chi connectivity index (χ0n) is 16.8. The maximum atomic E-state index is 13.7. The number of hydrogen-bond donors (Lipinski definition) is 1. The summed E-state index contributed by atoms with van der Waals surface area (Å²) in [5.41, 5.74) is 2.43. The van der Waals surface area contributed by atoms with Crippen LogP contribution >= 0.6 is 0 Å². The maximum absolute atomic E-state index is 13.7. The van der Waals surface area contributed by atoms with Crippen LogP contribution in [0.1, 0.15) is 16.7 Å². The number of benzene rings is 3. The van der Waals surface area contributed by atoms with Crippen molar-refractivity contribution in [2.75, 3.05) is 10.8 Å². The minimum absolute atomic E-state index is 0.100. The lowest BCUT2D eigenvalue weighted by atomic mass is 10.1. The Labute approximate surface area is 176 Å². The molecule has 0 aromatic heterocycles. The summed E-state index contributed by atoms with van der Waals surface area (Å²) in [4.78, 5) is 12.7. The second kappa shape index (κ2) is 9.09. The Hall–Kier alpha value is -3.19. The van der Waals surface area contributed by atoms with Gasteiger partial charge < -0.3 is 5.32 Å². The van der Waals surface area contributed by atoms with Crippen LogP contribution < -0.4 is 9.62 Å². The fourth-order valence-corrected chi connectivity index (χ4v) is 4.30. The number of nitrogens with one attached hydrogen (secondary N) is 1.